The monoisotopic (exact) mass is 395 g/mol. The van der Waals surface area contributed by atoms with Crippen LogP contribution in [0.3, 0.4) is 0 Å². The van der Waals surface area contributed by atoms with Gasteiger partial charge in [-0.25, -0.2) is 4.98 Å². The van der Waals surface area contributed by atoms with Gasteiger partial charge in [0.2, 0.25) is 0 Å². The summed E-state index contributed by atoms with van der Waals surface area (Å²) in [4.78, 5) is 4.70. The molecule has 0 aliphatic rings. The zero-order valence-electron chi connectivity index (χ0n) is 16.4. The van der Waals surface area contributed by atoms with Crippen LogP contribution in [0.25, 0.3) is 28.1 Å². The third-order valence-corrected chi connectivity index (χ3v) is 5.13. The molecule has 0 saturated carbocycles. The van der Waals surface area contributed by atoms with Crippen LogP contribution in [0.2, 0.25) is 5.02 Å². The van der Waals surface area contributed by atoms with E-state index in [1.165, 1.54) is 0 Å². The lowest BCUT2D eigenvalue weighted by Crippen LogP contribution is -2.17. The first kappa shape index (κ1) is 20.5. The number of hydrogen-bond acceptors (Lipinski definition) is 3. The predicted octanol–water partition coefficient (Wildman–Crippen LogP) is 6.18. The highest BCUT2D eigenvalue weighted by Gasteiger charge is 2.17. The van der Waals surface area contributed by atoms with Gasteiger partial charge in [-0.1, -0.05) is 49.7 Å². The standard InChI is InChI=1S/C24H26ClNO2/c1-4-6-13-28-23(27)15-21-16(3)14-22-20(12-11-19(5-2)26-22)24(21)17-7-9-18(25)10-8-17/h5,7-12,14,23,27H,2,4,6,13,15H2,1,3H3. The fourth-order valence-corrected chi connectivity index (χ4v) is 3.51. The van der Waals surface area contributed by atoms with E-state index in [4.69, 9.17) is 21.3 Å². The molecule has 1 aromatic heterocycles. The number of aromatic nitrogens is 1. The van der Waals surface area contributed by atoms with E-state index in [0.29, 0.717) is 18.1 Å². The minimum atomic E-state index is -0.839. The Kier molecular flexibility index (Phi) is 6.84. The van der Waals surface area contributed by atoms with Gasteiger partial charge >= 0.3 is 0 Å². The second-order valence-electron chi connectivity index (χ2n) is 6.94. The van der Waals surface area contributed by atoms with Gasteiger partial charge in [0.25, 0.3) is 0 Å². The molecule has 3 nitrogen and oxygen atoms in total. The van der Waals surface area contributed by atoms with Crippen molar-refractivity contribution in [1.82, 2.24) is 4.98 Å². The summed E-state index contributed by atoms with van der Waals surface area (Å²) in [6.45, 7) is 8.53. The Balaban J connectivity index is 2.12. The molecule has 0 fully saturated rings. The average Bonchev–Trinajstić information content (AvgIpc) is 2.69. The second-order valence-corrected chi connectivity index (χ2v) is 7.38. The van der Waals surface area contributed by atoms with Crippen molar-refractivity contribution in [3.8, 4) is 11.1 Å². The van der Waals surface area contributed by atoms with E-state index in [2.05, 4.69) is 32.6 Å². The molecule has 0 aliphatic heterocycles. The molecule has 146 valence electrons. The molecule has 0 amide bonds. The van der Waals surface area contributed by atoms with Crippen molar-refractivity contribution in [2.45, 2.75) is 39.4 Å². The SMILES string of the molecule is C=Cc1ccc2c(-c3ccc(Cl)cc3)c(CC(O)OCCCC)c(C)cc2n1. The largest absolute Gasteiger partial charge is 0.368 e. The van der Waals surface area contributed by atoms with Gasteiger partial charge in [-0.2, -0.15) is 0 Å². The van der Waals surface area contributed by atoms with Crippen LogP contribution in [-0.2, 0) is 11.2 Å². The Hall–Kier alpha value is -2.20. The van der Waals surface area contributed by atoms with Crippen molar-refractivity contribution in [3.63, 3.8) is 0 Å². The minimum Gasteiger partial charge on any atom is -0.368 e. The molecule has 3 aromatic rings. The molecule has 0 radical (unpaired) electrons. The molecule has 28 heavy (non-hydrogen) atoms. The topological polar surface area (TPSA) is 42.4 Å². The fourth-order valence-electron chi connectivity index (χ4n) is 3.38. The highest BCUT2D eigenvalue weighted by molar-refractivity contribution is 6.30. The van der Waals surface area contributed by atoms with E-state index in [1.54, 1.807) is 6.08 Å². The Morgan fingerprint density at radius 1 is 1.21 bits per heavy atom. The van der Waals surface area contributed by atoms with Crippen molar-refractivity contribution >= 4 is 28.6 Å². The molecule has 0 aliphatic carbocycles. The molecular formula is C24H26ClNO2. The third kappa shape index (κ3) is 4.61. The van der Waals surface area contributed by atoms with Crippen LogP contribution in [0.15, 0.2) is 49.0 Å². The van der Waals surface area contributed by atoms with Gasteiger partial charge in [0, 0.05) is 23.4 Å². The van der Waals surface area contributed by atoms with Crippen LogP contribution in [-0.4, -0.2) is 23.0 Å². The second kappa shape index (κ2) is 9.33. The van der Waals surface area contributed by atoms with Gasteiger partial charge < -0.3 is 9.84 Å². The number of halogens is 1. The van der Waals surface area contributed by atoms with Crippen LogP contribution >= 0.6 is 11.6 Å². The van der Waals surface area contributed by atoms with E-state index in [1.807, 2.05) is 30.3 Å². The zero-order valence-corrected chi connectivity index (χ0v) is 17.2. The smallest absolute Gasteiger partial charge is 0.158 e. The lowest BCUT2D eigenvalue weighted by Gasteiger charge is -2.19. The summed E-state index contributed by atoms with van der Waals surface area (Å²) in [5.74, 6) is 0. The number of hydrogen-bond donors (Lipinski definition) is 1. The molecule has 2 aromatic carbocycles. The Morgan fingerprint density at radius 2 is 1.96 bits per heavy atom. The molecule has 0 saturated heterocycles. The number of aliphatic hydroxyl groups is 1. The number of nitrogens with zero attached hydrogens (tertiary/aromatic N) is 1. The van der Waals surface area contributed by atoms with Crippen LogP contribution in [0, 0.1) is 6.92 Å². The Morgan fingerprint density at radius 3 is 2.64 bits per heavy atom. The van der Waals surface area contributed by atoms with Gasteiger partial charge in [0.05, 0.1) is 11.2 Å². The molecule has 1 unspecified atom stereocenters. The van der Waals surface area contributed by atoms with Gasteiger partial charge in [0.1, 0.15) is 0 Å². The number of pyridine rings is 1. The van der Waals surface area contributed by atoms with Crippen molar-refractivity contribution in [2.24, 2.45) is 0 Å². The van der Waals surface area contributed by atoms with E-state index < -0.39 is 6.29 Å². The fraction of sp³-hybridized carbons (Fsp3) is 0.292. The number of ether oxygens (including phenoxy) is 1. The maximum Gasteiger partial charge on any atom is 0.158 e. The molecule has 4 heteroatoms. The first-order chi connectivity index (χ1) is 13.5. The Labute approximate surface area is 171 Å². The van der Waals surface area contributed by atoms with Crippen LogP contribution in [0.4, 0.5) is 0 Å². The van der Waals surface area contributed by atoms with Crippen molar-refractivity contribution in [2.75, 3.05) is 6.61 Å². The quantitative estimate of drug-likeness (QED) is 0.365. The number of rotatable bonds is 8. The lowest BCUT2D eigenvalue weighted by molar-refractivity contribution is -0.0980. The number of unbranched alkanes of at least 4 members (excludes halogenated alkanes) is 1. The van der Waals surface area contributed by atoms with Crippen molar-refractivity contribution in [1.29, 1.82) is 0 Å². The summed E-state index contributed by atoms with van der Waals surface area (Å²) in [7, 11) is 0. The summed E-state index contributed by atoms with van der Waals surface area (Å²) < 4.78 is 5.61. The molecule has 0 spiro atoms. The van der Waals surface area contributed by atoms with E-state index in [-0.39, 0.29) is 0 Å². The first-order valence-corrected chi connectivity index (χ1v) is 10.0. The Bertz CT molecular complexity index is 966. The van der Waals surface area contributed by atoms with Gasteiger partial charge in [-0.3, -0.25) is 0 Å². The number of aryl methyl sites for hydroxylation is 1. The maximum absolute atomic E-state index is 10.5. The predicted molar refractivity (Wildman–Crippen MR) is 118 cm³/mol. The van der Waals surface area contributed by atoms with Gasteiger partial charge in [0.15, 0.2) is 6.29 Å². The summed E-state index contributed by atoms with van der Waals surface area (Å²) in [5, 5.41) is 12.2. The molecule has 1 heterocycles. The highest BCUT2D eigenvalue weighted by atomic mass is 35.5. The molecular weight excluding hydrogens is 370 g/mol. The van der Waals surface area contributed by atoms with Crippen LogP contribution < -0.4 is 0 Å². The summed E-state index contributed by atoms with van der Waals surface area (Å²) in [6, 6.07) is 13.9. The lowest BCUT2D eigenvalue weighted by atomic mass is 9.90. The van der Waals surface area contributed by atoms with E-state index in [9.17, 15) is 5.11 Å². The number of benzene rings is 2. The summed E-state index contributed by atoms with van der Waals surface area (Å²) in [5.41, 5.74) is 5.99. The summed E-state index contributed by atoms with van der Waals surface area (Å²) in [6.07, 6.45) is 3.30. The minimum absolute atomic E-state index is 0.423. The van der Waals surface area contributed by atoms with Gasteiger partial charge in [-0.15, -0.1) is 0 Å². The normalized spacial score (nSPS) is 12.3. The number of fused-ring (bicyclic) bond motifs is 1. The highest BCUT2D eigenvalue weighted by Crippen LogP contribution is 2.35. The average molecular weight is 396 g/mol. The van der Waals surface area contributed by atoms with Crippen molar-refractivity contribution < 1.29 is 9.84 Å². The first-order valence-electron chi connectivity index (χ1n) is 9.64. The number of aliphatic hydroxyl groups excluding tert-OH is 1. The third-order valence-electron chi connectivity index (χ3n) is 4.88. The van der Waals surface area contributed by atoms with Crippen LogP contribution in [0.5, 0.6) is 0 Å². The molecule has 0 bridgehead atoms. The van der Waals surface area contributed by atoms with Crippen LogP contribution in [0.1, 0.15) is 36.6 Å². The molecule has 1 N–H and O–H groups in total. The molecule has 3 rings (SSSR count). The van der Waals surface area contributed by atoms with E-state index >= 15 is 0 Å². The summed E-state index contributed by atoms with van der Waals surface area (Å²) >= 11 is 6.10. The van der Waals surface area contributed by atoms with Gasteiger partial charge in [-0.05, 0) is 65.9 Å². The van der Waals surface area contributed by atoms with Crippen molar-refractivity contribution in [3.05, 3.63) is 70.9 Å². The zero-order chi connectivity index (χ0) is 20.1. The molecule has 1 atom stereocenters. The van der Waals surface area contributed by atoms with E-state index in [0.717, 1.165) is 51.7 Å². The maximum atomic E-state index is 10.5.